The monoisotopic (exact) mass is 267 g/mol. The Morgan fingerprint density at radius 3 is 2.53 bits per heavy atom. The van der Waals surface area contributed by atoms with Crippen LogP contribution in [0.1, 0.15) is 18.4 Å². The first kappa shape index (κ1) is 13.7. The molecule has 1 aromatic carbocycles. The summed E-state index contributed by atoms with van der Waals surface area (Å²) in [7, 11) is 0. The zero-order chi connectivity index (χ0) is 13.8. The molecule has 0 radical (unpaired) electrons. The summed E-state index contributed by atoms with van der Waals surface area (Å²) in [6, 6.07) is 3.78. The molecule has 0 saturated carbocycles. The van der Waals surface area contributed by atoms with E-state index >= 15 is 0 Å². The van der Waals surface area contributed by atoms with Crippen LogP contribution in [0.5, 0.6) is 0 Å². The Kier molecular flexibility index (Phi) is 4.27. The Labute approximate surface area is 110 Å². The van der Waals surface area contributed by atoms with Crippen LogP contribution in [0, 0.1) is 11.6 Å². The van der Waals surface area contributed by atoms with Gasteiger partial charge in [-0.25, -0.2) is 8.78 Å². The average molecular weight is 267 g/mol. The number of carbonyl (C=O) groups excluding carboxylic acids is 1. The molecule has 0 bridgehead atoms. The Morgan fingerprint density at radius 2 is 2.00 bits per heavy atom. The van der Waals surface area contributed by atoms with Crippen LogP contribution in [0.25, 0.3) is 5.57 Å². The molecular weight excluding hydrogens is 252 g/mol. The summed E-state index contributed by atoms with van der Waals surface area (Å²) in [4.78, 5) is 13.1. The summed E-state index contributed by atoms with van der Waals surface area (Å²) in [5.74, 6) is -1.31. The van der Waals surface area contributed by atoms with Crippen molar-refractivity contribution >= 4 is 11.5 Å². The van der Waals surface area contributed by atoms with E-state index in [0.717, 1.165) is 0 Å². The second-order valence-electron chi connectivity index (χ2n) is 4.39. The zero-order valence-electron chi connectivity index (χ0n) is 10.4. The van der Waals surface area contributed by atoms with Gasteiger partial charge in [0.2, 0.25) is 5.91 Å². The molecule has 0 fully saturated rings. The molecule has 0 saturated heterocycles. The Morgan fingerprint density at radius 1 is 1.32 bits per heavy atom. The van der Waals surface area contributed by atoms with E-state index in [1.54, 1.807) is 11.0 Å². The molecule has 102 valence electrons. The van der Waals surface area contributed by atoms with E-state index < -0.39 is 11.6 Å². The van der Waals surface area contributed by atoms with E-state index in [9.17, 15) is 13.6 Å². The van der Waals surface area contributed by atoms with Crippen LogP contribution in [0.4, 0.5) is 8.78 Å². The van der Waals surface area contributed by atoms with Crippen molar-refractivity contribution in [3.05, 3.63) is 41.5 Å². The first-order chi connectivity index (χ1) is 9.13. The zero-order valence-corrected chi connectivity index (χ0v) is 10.4. The quantitative estimate of drug-likeness (QED) is 0.909. The van der Waals surface area contributed by atoms with Crippen molar-refractivity contribution in [3.8, 4) is 0 Å². The van der Waals surface area contributed by atoms with Crippen LogP contribution in [0.3, 0.4) is 0 Å². The summed E-state index contributed by atoms with van der Waals surface area (Å²) >= 11 is 0. The Bertz CT molecular complexity index is 494. The number of aliphatic hydroxyl groups is 1. The minimum absolute atomic E-state index is 0.00300. The molecule has 0 spiro atoms. The van der Waals surface area contributed by atoms with Crippen molar-refractivity contribution in [3.63, 3.8) is 0 Å². The molecule has 1 aromatic rings. The minimum Gasteiger partial charge on any atom is -0.396 e. The summed E-state index contributed by atoms with van der Waals surface area (Å²) in [5, 5.41) is 8.71. The van der Waals surface area contributed by atoms with Crippen LogP contribution < -0.4 is 0 Å². The van der Waals surface area contributed by atoms with Crippen molar-refractivity contribution in [2.24, 2.45) is 0 Å². The van der Waals surface area contributed by atoms with Gasteiger partial charge in [-0.2, -0.15) is 0 Å². The number of halogens is 2. The van der Waals surface area contributed by atoms with E-state index in [4.69, 9.17) is 5.11 Å². The number of hydrogen-bond donors (Lipinski definition) is 1. The highest BCUT2D eigenvalue weighted by molar-refractivity contribution is 5.78. The van der Waals surface area contributed by atoms with Gasteiger partial charge in [0.05, 0.1) is 6.61 Å². The molecule has 0 atom stereocenters. The van der Waals surface area contributed by atoms with Gasteiger partial charge in [-0.05, 0) is 24.1 Å². The summed E-state index contributed by atoms with van der Waals surface area (Å²) in [6.07, 6.45) is 2.16. The lowest BCUT2D eigenvalue weighted by Gasteiger charge is -2.26. The summed E-state index contributed by atoms with van der Waals surface area (Å²) in [5.41, 5.74) is 0.584. The molecule has 1 amide bonds. The van der Waals surface area contributed by atoms with Gasteiger partial charge in [0.25, 0.3) is 0 Å². The van der Waals surface area contributed by atoms with Crippen LogP contribution in [-0.2, 0) is 4.79 Å². The van der Waals surface area contributed by atoms with Gasteiger partial charge in [0.15, 0.2) is 0 Å². The van der Waals surface area contributed by atoms with Gasteiger partial charge < -0.3 is 10.0 Å². The number of rotatable bonds is 3. The average Bonchev–Trinajstić information content (AvgIpc) is 2.39. The summed E-state index contributed by atoms with van der Waals surface area (Å²) < 4.78 is 27.2. The van der Waals surface area contributed by atoms with E-state index in [1.165, 1.54) is 18.2 Å². The number of amides is 1. The van der Waals surface area contributed by atoms with E-state index in [2.05, 4.69) is 0 Å². The van der Waals surface area contributed by atoms with Crippen LogP contribution >= 0.6 is 0 Å². The van der Waals surface area contributed by atoms with Gasteiger partial charge in [-0.3, -0.25) is 4.79 Å². The maximum absolute atomic E-state index is 13.6. The molecule has 1 heterocycles. The number of benzene rings is 1. The van der Waals surface area contributed by atoms with Gasteiger partial charge in [-0.1, -0.05) is 12.1 Å². The maximum Gasteiger partial charge on any atom is 0.225 e. The van der Waals surface area contributed by atoms with Gasteiger partial charge >= 0.3 is 0 Å². The van der Waals surface area contributed by atoms with Crippen LogP contribution in [0.15, 0.2) is 24.3 Å². The molecule has 5 heteroatoms. The first-order valence-electron chi connectivity index (χ1n) is 6.15. The fourth-order valence-electron chi connectivity index (χ4n) is 2.18. The molecule has 1 aliphatic rings. The lowest BCUT2D eigenvalue weighted by Crippen LogP contribution is -2.35. The highest BCUT2D eigenvalue weighted by atomic mass is 19.1. The van der Waals surface area contributed by atoms with Crippen molar-refractivity contribution in [2.75, 3.05) is 19.7 Å². The number of hydrogen-bond acceptors (Lipinski definition) is 2. The highest BCUT2D eigenvalue weighted by Gasteiger charge is 2.20. The van der Waals surface area contributed by atoms with Crippen molar-refractivity contribution < 1.29 is 18.7 Å². The van der Waals surface area contributed by atoms with E-state index in [-0.39, 0.29) is 24.5 Å². The predicted molar refractivity (Wildman–Crippen MR) is 67.2 cm³/mol. The third kappa shape index (κ3) is 2.98. The van der Waals surface area contributed by atoms with Gasteiger partial charge in [-0.15, -0.1) is 0 Å². The van der Waals surface area contributed by atoms with Gasteiger partial charge in [0, 0.05) is 25.1 Å². The molecule has 0 aliphatic carbocycles. The molecule has 0 aromatic heterocycles. The van der Waals surface area contributed by atoms with E-state index in [0.29, 0.717) is 25.1 Å². The highest BCUT2D eigenvalue weighted by Crippen LogP contribution is 2.27. The minimum atomic E-state index is -0.582. The summed E-state index contributed by atoms with van der Waals surface area (Å²) in [6.45, 7) is 0.550. The largest absolute Gasteiger partial charge is 0.396 e. The van der Waals surface area contributed by atoms with Crippen LogP contribution in [0.2, 0.25) is 0 Å². The number of carbonyl (C=O) groups is 1. The smallest absolute Gasteiger partial charge is 0.225 e. The molecule has 2 rings (SSSR count). The van der Waals surface area contributed by atoms with Crippen molar-refractivity contribution in [1.82, 2.24) is 4.90 Å². The van der Waals surface area contributed by atoms with Gasteiger partial charge in [0.1, 0.15) is 11.6 Å². The Hall–Kier alpha value is -1.75. The predicted octanol–water partition coefficient (Wildman–Crippen LogP) is 1.96. The lowest BCUT2D eigenvalue weighted by atomic mass is 9.98. The third-order valence-corrected chi connectivity index (χ3v) is 3.17. The fourth-order valence-corrected chi connectivity index (χ4v) is 2.18. The van der Waals surface area contributed by atoms with E-state index in [1.807, 2.05) is 0 Å². The molecule has 19 heavy (non-hydrogen) atoms. The van der Waals surface area contributed by atoms with Crippen molar-refractivity contribution in [2.45, 2.75) is 12.8 Å². The van der Waals surface area contributed by atoms with Crippen molar-refractivity contribution in [1.29, 1.82) is 0 Å². The topological polar surface area (TPSA) is 40.5 Å². The van der Waals surface area contributed by atoms with Crippen LogP contribution in [-0.4, -0.2) is 35.6 Å². The molecule has 1 aliphatic heterocycles. The normalized spacial score (nSPS) is 15.3. The fraction of sp³-hybridized carbons (Fsp3) is 0.357. The molecular formula is C14H15F2NO2. The first-order valence-corrected chi connectivity index (χ1v) is 6.15. The number of aliphatic hydroxyl groups excluding tert-OH is 1. The second-order valence-corrected chi connectivity index (χ2v) is 4.39. The standard InChI is InChI=1S/C14H15F2NO2/c15-11-2-1-3-12(16)14(11)10-4-7-17(8-5-10)13(19)6-9-18/h1-4,18H,5-9H2. The third-order valence-electron chi connectivity index (χ3n) is 3.17. The SMILES string of the molecule is O=C(CCO)N1CC=C(c2c(F)cccc2F)CC1. The maximum atomic E-state index is 13.6. The second kappa shape index (κ2) is 5.93. The molecule has 1 N–H and O–H groups in total. The molecule has 0 unspecified atom stereocenters. The Balaban J connectivity index is 2.15. The lowest BCUT2D eigenvalue weighted by molar-refractivity contribution is -0.131. The molecule has 3 nitrogen and oxygen atoms in total. The number of nitrogens with zero attached hydrogens (tertiary/aromatic N) is 1.